The molecule has 0 aliphatic heterocycles. The average molecular weight is 316 g/mol. The molecule has 0 heterocycles. The Morgan fingerprint density at radius 2 is 0.538 bits per heavy atom. The second-order valence-corrected chi connectivity index (χ2v) is 3.08. The van der Waals surface area contributed by atoms with E-state index in [4.69, 9.17) is 38.5 Å². The molecule has 0 aliphatic rings. The first-order chi connectivity index (χ1) is 4.00. The van der Waals surface area contributed by atoms with Crippen molar-refractivity contribution in [2.45, 2.75) is 0 Å². The van der Waals surface area contributed by atoms with Gasteiger partial charge in [0.2, 0.25) is 0 Å². The van der Waals surface area contributed by atoms with E-state index in [1.54, 1.807) is 0 Å². The molecule has 0 rings (SSSR count). The topological polar surface area (TPSA) is 156 Å². The van der Waals surface area contributed by atoms with Crippen molar-refractivity contribution in [1.82, 2.24) is 0 Å². The summed E-state index contributed by atoms with van der Waals surface area (Å²) in [6, 6.07) is 0. The molecule has 0 aromatic heterocycles. The van der Waals surface area contributed by atoms with Crippen LogP contribution in [0.5, 0.6) is 0 Å². The molecule has 0 spiro atoms. The van der Waals surface area contributed by atoms with Crippen LogP contribution in [0.15, 0.2) is 0 Å². The second-order valence-electron chi connectivity index (χ2n) is 1.03. The Hall–Kier alpha value is 4.00. The third-order valence-corrected chi connectivity index (χ3v) is 0. The summed E-state index contributed by atoms with van der Waals surface area (Å²) in [7, 11) is -9.28. The normalized spacial score (nSPS) is 9.08. The fraction of sp³-hybridized carbons (Fsp3) is 0. The summed E-state index contributed by atoms with van der Waals surface area (Å²) in [6.45, 7) is 0. The number of hydrogen-bond donors (Lipinski definition) is 6. The Morgan fingerprint density at radius 1 is 0.538 bits per heavy atom. The molecular formula is H6Ca3O8P2. The van der Waals surface area contributed by atoms with Crippen molar-refractivity contribution >= 4 is 129 Å². The van der Waals surface area contributed by atoms with Crippen molar-refractivity contribution in [1.29, 1.82) is 0 Å². The van der Waals surface area contributed by atoms with Gasteiger partial charge in [-0.15, -0.1) is 0 Å². The van der Waals surface area contributed by atoms with E-state index >= 15 is 0 Å². The second kappa shape index (κ2) is 14.1. The predicted octanol–water partition coefficient (Wildman–Crippen LogP) is -3.00. The van der Waals surface area contributed by atoms with Crippen LogP contribution in [0.3, 0.4) is 0 Å². The van der Waals surface area contributed by atoms with E-state index in [9.17, 15) is 0 Å². The van der Waals surface area contributed by atoms with Crippen molar-refractivity contribution in [3.8, 4) is 0 Å². The van der Waals surface area contributed by atoms with E-state index in [0.29, 0.717) is 0 Å². The fourth-order valence-electron chi connectivity index (χ4n) is 0. The summed E-state index contributed by atoms with van der Waals surface area (Å²) in [5.41, 5.74) is 0. The van der Waals surface area contributed by atoms with Gasteiger partial charge in [0.15, 0.2) is 0 Å². The van der Waals surface area contributed by atoms with Crippen LogP contribution in [0.1, 0.15) is 0 Å². The smallest absolute Gasteiger partial charge is 0.303 e. The van der Waals surface area contributed by atoms with Gasteiger partial charge in [-0.25, -0.2) is 9.13 Å². The van der Waals surface area contributed by atoms with E-state index < -0.39 is 15.6 Å². The maximum atomic E-state index is 8.88. The van der Waals surface area contributed by atoms with Crippen LogP contribution in [0.4, 0.5) is 0 Å². The molecular weight excluding hydrogens is 310 g/mol. The van der Waals surface area contributed by atoms with E-state index in [-0.39, 0.29) is 113 Å². The zero-order chi connectivity index (χ0) is 9.00. The minimum atomic E-state index is -4.64. The molecule has 0 aliphatic carbocycles. The van der Waals surface area contributed by atoms with Crippen molar-refractivity contribution in [3.63, 3.8) is 0 Å². The van der Waals surface area contributed by atoms with Crippen LogP contribution < -0.4 is 0 Å². The van der Waals surface area contributed by atoms with Gasteiger partial charge < -0.3 is 29.4 Å². The summed E-state index contributed by atoms with van der Waals surface area (Å²) in [5.74, 6) is 0. The van der Waals surface area contributed by atoms with E-state index in [0.717, 1.165) is 0 Å². The number of hydrogen-bond acceptors (Lipinski definition) is 2. The van der Waals surface area contributed by atoms with E-state index in [1.165, 1.54) is 0 Å². The quantitative estimate of drug-likeness (QED) is 0.204. The van der Waals surface area contributed by atoms with Crippen molar-refractivity contribution < 1.29 is 38.5 Å². The molecule has 0 saturated heterocycles. The first-order valence-corrected chi connectivity index (χ1v) is 4.70. The Morgan fingerprint density at radius 3 is 0.538 bits per heavy atom. The predicted molar refractivity (Wildman–Crippen MR) is 45.8 cm³/mol. The maximum absolute atomic E-state index is 8.88. The Bertz CT molecular complexity index is 130. The van der Waals surface area contributed by atoms with Gasteiger partial charge >= 0.3 is 15.6 Å². The van der Waals surface area contributed by atoms with Crippen molar-refractivity contribution in [3.05, 3.63) is 0 Å². The minimum absolute atomic E-state index is 0. The summed E-state index contributed by atoms with van der Waals surface area (Å²) >= 11 is 0. The van der Waals surface area contributed by atoms with E-state index in [2.05, 4.69) is 0 Å². The molecule has 70 valence electrons. The monoisotopic (exact) mass is 316 g/mol. The summed E-state index contributed by atoms with van der Waals surface area (Å²) in [4.78, 5) is 43.1. The van der Waals surface area contributed by atoms with Gasteiger partial charge in [0.05, 0.1) is 0 Å². The van der Waals surface area contributed by atoms with Gasteiger partial charge in [-0.05, 0) is 0 Å². The molecule has 0 aromatic carbocycles. The average Bonchev–Trinajstić information content (AvgIpc) is 1.12. The third-order valence-electron chi connectivity index (χ3n) is 0. The first kappa shape index (κ1) is 30.2. The summed E-state index contributed by atoms with van der Waals surface area (Å²) in [6.07, 6.45) is 0. The molecule has 0 bridgehead atoms. The SMILES string of the molecule is O=P(O)(O)O.O=P(O)(O)O.[Ca].[Ca].[Ca]. The standard InChI is InChI=1S/3Ca.2H3O4P/c;;;2*1-5(2,3)4/h;;;2*(H3,1,2,3,4). The molecule has 13 heteroatoms. The molecule has 0 atom stereocenters. The molecule has 0 amide bonds. The van der Waals surface area contributed by atoms with Gasteiger partial charge in [0.1, 0.15) is 0 Å². The van der Waals surface area contributed by atoms with E-state index in [1.807, 2.05) is 0 Å². The molecule has 13 heavy (non-hydrogen) atoms. The third kappa shape index (κ3) is 196. The van der Waals surface area contributed by atoms with Crippen LogP contribution in [-0.4, -0.2) is 143 Å². The summed E-state index contributed by atoms with van der Waals surface area (Å²) in [5, 5.41) is 0. The Labute approximate surface area is 164 Å². The van der Waals surface area contributed by atoms with Gasteiger partial charge in [-0.3, -0.25) is 0 Å². The Balaban J connectivity index is -0.0000000267. The largest absolute Gasteiger partial charge is 0.466 e. The Kier molecular flexibility index (Phi) is 32.7. The van der Waals surface area contributed by atoms with Crippen molar-refractivity contribution in [2.24, 2.45) is 0 Å². The van der Waals surface area contributed by atoms with Crippen LogP contribution >= 0.6 is 15.6 Å². The minimum Gasteiger partial charge on any atom is -0.303 e. The van der Waals surface area contributed by atoms with Gasteiger partial charge in [0.25, 0.3) is 0 Å². The maximum Gasteiger partial charge on any atom is 0.466 e. The zero-order valence-corrected chi connectivity index (χ0v) is 14.9. The molecule has 0 aromatic rings. The zero-order valence-electron chi connectivity index (χ0n) is 6.52. The first-order valence-electron chi connectivity index (χ1n) is 1.57. The van der Waals surface area contributed by atoms with Crippen molar-refractivity contribution in [2.75, 3.05) is 0 Å². The van der Waals surface area contributed by atoms with Gasteiger partial charge in [-0.2, -0.15) is 0 Å². The fourth-order valence-corrected chi connectivity index (χ4v) is 0. The molecule has 0 fully saturated rings. The van der Waals surface area contributed by atoms with Crippen LogP contribution in [-0.2, 0) is 9.13 Å². The molecule has 0 saturated carbocycles. The molecule has 6 N–H and O–H groups in total. The van der Waals surface area contributed by atoms with Gasteiger partial charge in [0, 0.05) is 113 Å². The number of rotatable bonds is 0. The van der Waals surface area contributed by atoms with Crippen LogP contribution in [0.25, 0.3) is 0 Å². The number of phosphoric acid groups is 2. The van der Waals surface area contributed by atoms with Crippen LogP contribution in [0.2, 0.25) is 0 Å². The molecule has 0 unspecified atom stereocenters. The van der Waals surface area contributed by atoms with Gasteiger partial charge in [-0.1, -0.05) is 0 Å². The molecule has 6 radical (unpaired) electrons. The summed E-state index contributed by atoms with van der Waals surface area (Å²) < 4.78 is 17.8. The van der Waals surface area contributed by atoms with Crippen LogP contribution in [0, 0.1) is 0 Å². The molecule has 8 nitrogen and oxygen atoms in total.